The highest BCUT2D eigenvalue weighted by molar-refractivity contribution is 5.90. The summed E-state index contributed by atoms with van der Waals surface area (Å²) in [5.74, 6) is 2.31. The smallest absolute Gasteiger partial charge is 0.219 e. The van der Waals surface area contributed by atoms with E-state index in [1.54, 1.807) is 7.05 Å². The van der Waals surface area contributed by atoms with E-state index in [9.17, 15) is 4.79 Å². The Kier molecular flexibility index (Phi) is 5.63. The van der Waals surface area contributed by atoms with Crippen molar-refractivity contribution in [3.05, 3.63) is 54.4 Å². The Labute approximate surface area is 152 Å². The second-order valence-corrected chi connectivity index (χ2v) is 5.91. The van der Waals surface area contributed by atoms with Crippen LogP contribution in [0, 0.1) is 6.92 Å². The zero-order valence-electron chi connectivity index (χ0n) is 15.0. The molecule has 3 rings (SSSR count). The fraction of sp³-hybridized carbons (Fsp3) is 0.250. The Hall–Kier alpha value is -3.15. The molecule has 6 nitrogen and oxygen atoms in total. The molecule has 1 heterocycles. The monoisotopic (exact) mass is 350 g/mol. The van der Waals surface area contributed by atoms with Gasteiger partial charge in [0.25, 0.3) is 0 Å². The number of fused-ring (bicyclic) bond motifs is 1. The van der Waals surface area contributed by atoms with E-state index in [4.69, 9.17) is 4.74 Å². The Morgan fingerprint density at radius 3 is 2.62 bits per heavy atom. The number of ether oxygens (including phenoxy) is 1. The predicted molar refractivity (Wildman–Crippen MR) is 103 cm³/mol. The van der Waals surface area contributed by atoms with E-state index in [1.807, 2.05) is 55.5 Å². The van der Waals surface area contributed by atoms with Gasteiger partial charge in [-0.3, -0.25) is 4.79 Å². The number of carbonyl (C=O) groups excluding carboxylic acids is 1. The highest BCUT2D eigenvalue weighted by Gasteiger charge is 2.06. The number of hydrogen-bond acceptors (Lipinski definition) is 5. The first kappa shape index (κ1) is 17.7. The van der Waals surface area contributed by atoms with Gasteiger partial charge in [-0.05, 0) is 49.7 Å². The fourth-order valence-electron chi connectivity index (χ4n) is 2.61. The first-order chi connectivity index (χ1) is 12.7. The number of carbonyl (C=O) groups is 1. The van der Waals surface area contributed by atoms with Crippen LogP contribution < -0.4 is 15.4 Å². The number of rotatable bonds is 7. The van der Waals surface area contributed by atoms with Gasteiger partial charge in [0.1, 0.15) is 17.4 Å². The third-order valence-corrected chi connectivity index (χ3v) is 3.93. The number of aromatic nitrogens is 2. The Bertz CT molecular complexity index is 894. The summed E-state index contributed by atoms with van der Waals surface area (Å²) < 4.78 is 5.66. The lowest BCUT2D eigenvalue weighted by Gasteiger charge is -2.11. The van der Waals surface area contributed by atoms with Gasteiger partial charge in [0.05, 0.1) is 12.1 Å². The molecular formula is C20H22N4O2. The van der Waals surface area contributed by atoms with Gasteiger partial charge in [0.15, 0.2) is 0 Å². The van der Waals surface area contributed by atoms with Crippen molar-refractivity contribution in [2.24, 2.45) is 0 Å². The number of anilines is 2. The molecule has 0 aliphatic carbocycles. The Balaban J connectivity index is 1.64. The van der Waals surface area contributed by atoms with Crippen molar-refractivity contribution >= 4 is 28.3 Å². The molecule has 0 atom stereocenters. The van der Waals surface area contributed by atoms with E-state index in [0.717, 1.165) is 34.0 Å². The van der Waals surface area contributed by atoms with Crippen molar-refractivity contribution in [1.82, 2.24) is 15.3 Å². The molecule has 0 spiro atoms. The number of nitrogens with one attached hydrogen (secondary N) is 2. The molecule has 3 aromatic rings. The SMILES string of the molecule is CNC(=O)CCCOc1ccc(Nc2nc(C)nc3ccccc23)cc1. The minimum Gasteiger partial charge on any atom is -0.494 e. The lowest BCUT2D eigenvalue weighted by Crippen LogP contribution is -2.18. The summed E-state index contributed by atoms with van der Waals surface area (Å²) in [5.41, 5.74) is 1.84. The topological polar surface area (TPSA) is 76.1 Å². The van der Waals surface area contributed by atoms with Gasteiger partial charge in [0, 0.05) is 24.5 Å². The van der Waals surface area contributed by atoms with Gasteiger partial charge in [-0.2, -0.15) is 0 Å². The third kappa shape index (κ3) is 4.47. The Morgan fingerprint density at radius 2 is 1.85 bits per heavy atom. The van der Waals surface area contributed by atoms with Crippen molar-refractivity contribution in [3.8, 4) is 5.75 Å². The van der Waals surface area contributed by atoms with Gasteiger partial charge >= 0.3 is 0 Å². The summed E-state index contributed by atoms with van der Waals surface area (Å²) >= 11 is 0. The summed E-state index contributed by atoms with van der Waals surface area (Å²) in [6, 6.07) is 15.6. The minimum absolute atomic E-state index is 0.0283. The van der Waals surface area contributed by atoms with Gasteiger partial charge in [0.2, 0.25) is 5.91 Å². The molecule has 2 N–H and O–H groups in total. The van der Waals surface area contributed by atoms with Crippen molar-refractivity contribution in [2.45, 2.75) is 19.8 Å². The predicted octanol–water partition coefficient (Wildman–Crippen LogP) is 3.59. The van der Waals surface area contributed by atoms with E-state index < -0.39 is 0 Å². The summed E-state index contributed by atoms with van der Waals surface area (Å²) in [5, 5.41) is 6.92. The maximum Gasteiger partial charge on any atom is 0.219 e. The van der Waals surface area contributed by atoms with Crippen LogP contribution in [0.3, 0.4) is 0 Å². The van der Waals surface area contributed by atoms with Gasteiger partial charge in [-0.1, -0.05) is 12.1 Å². The zero-order chi connectivity index (χ0) is 18.4. The van der Waals surface area contributed by atoms with Crippen LogP contribution in [-0.4, -0.2) is 29.5 Å². The highest BCUT2D eigenvalue weighted by Crippen LogP contribution is 2.25. The molecular weight excluding hydrogens is 328 g/mol. The number of amides is 1. The molecule has 134 valence electrons. The molecule has 6 heteroatoms. The number of benzene rings is 2. The van der Waals surface area contributed by atoms with Crippen LogP contribution in [0.15, 0.2) is 48.5 Å². The summed E-state index contributed by atoms with van der Waals surface area (Å²) in [6.45, 7) is 2.39. The molecule has 0 unspecified atom stereocenters. The number of aryl methyl sites for hydroxylation is 1. The molecule has 2 aromatic carbocycles. The molecule has 0 saturated heterocycles. The standard InChI is InChI=1S/C20H22N4O2/c1-14-22-18-7-4-3-6-17(18)20(23-14)24-15-9-11-16(12-10-15)26-13-5-8-19(25)21-2/h3-4,6-7,9-12H,5,8,13H2,1-2H3,(H,21,25)(H,22,23,24). The maximum atomic E-state index is 11.2. The van der Waals surface area contributed by atoms with Crippen LogP contribution in [0.4, 0.5) is 11.5 Å². The minimum atomic E-state index is 0.0283. The maximum absolute atomic E-state index is 11.2. The third-order valence-electron chi connectivity index (χ3n) is 3.93. The quantitative estimate of drug-likeness (QED) is 0.637. The van der Waals surface area contributed by atoms with E-state index in [-0.39, 0.29) is 5.91 Å². The molecule has 0 aliphatic rings. The zero-order valence-corrected chi connectivity index (χ0v) is 15.0. The molecule has 1 amide bonds. The summed E-state index contributed by atoms with van der Waals surface area (Å²) in [7, 11) is 1.64. The highest BCUT2D eigenvalue weighted by atomic mass is 16.5. The van der Waals surface area contributed by atoms with Crippen molar-refractivity contribution in [3.63, 3.8) is 0 Å². The van der Waals surface area contributed by atoms with Crippen LogP contribution in [0.25, 0.3) is 10.9 Å². The van der Waals surface area contributed by atoms with Crippen LogP contribution in [-0.2, 0) is 4.79 Å². The van der Waals surface area contributed by atoms with Crippen molar-refractivity contribution in [2.75, 3.05) is 19.0 Å². The molecule has 26 heavy (non-hydrogen) atoms. The fourth-order valence-corrected chi connectivity index (χ4v) is 2.61. The van der Waals surface area contributed by atoms with E-state index in [0.29, 0.717) is 19.4 Å². The van der Waals surface area contributed by atoms with Gasteiger partial charge in [-0.25, -0.2) is 9.97 Å². The number of hydrogen-bond donors (Lipinski definition) is 2. The summed E-state index contributed by atoms with van der Waals surface area (Å²) in [4.78, 5) is 20.1. The molecule has 0 radical (unpaired) electrons. The van der Waals surface area contributed by atoms with Crippen LogP contribution in [0.5, 0.6) is 5.75 Å². The molecule has 0 saturated carbocycles. The molecule has 0 bridgehead atoms. The van der Waals surface area contributed by atoms with E-state index in [2.05, 4.69) is 20.6 Å². The molecule has 1 aromatic heterocycles. The van der Waals surface area contributed by atoms with Crippen molar-refractivity contribution in [1.29, 1.82) is 0 Å². The largest absolute Gasteiger partial charge is 0.494 e. The van der Waals surface area contributed by atoms with Crippen LogP contribution in [0.2, 0.25) is 0 Å². The number of para-hydroxylation sites is 1. The average molecular weight is 350 g/mol. The van der Waals surface area contributed by atoms with Gasteiger partial charge in [-0.15, -0.1) is 0 Å². The van der Waals surface area contributed by atoms with Crippen molar-refractivity contribution < 1.29 is 9.53 Å². The van der Waals surface area contributed by atoms with E-state index in [1.165, 1.54) is 0 Å². The lowest BCUT2D eigenvalue weighted by atomic mass is 10.2. The van der Waals surface area contributed by atoms with Crippen LogP contribution >= 0.6 is 0 Å². The second-order valence-electron chi connectivity index (χ2n) is 5.91. The normalized spacial score (nSPS) is 10.5. The average Bonchev–Trinajstić information content (AvgIpc) is 2.66. The van der Waals surface area contributed by atoms with Gasteiger partial charge < -0.3 is 15.4 Å². The molecule has 0 aliphatic heterocycles. The van der Waals surface area contributed by atoms with Crippen LogP contribution in [0.1, 0.15) is 18.7 Å². The summed E-state index contributed by atoms with van der Waals surface area (Å²) in [6.07, 6.45) is 1.15. The number of nitrogens with zero attached hydrogens (tertiary/aromatic N) is 2. The molecule has 0 fully saturated rings. The first-order valence-corrected chi connectivity index (χ1v) is 8.59. The lowest BCUT2D eigenvalue weighted by molar-refractivity contribution is -0.120. The first-order valence-electron chi connectivity index (χ1n) is 8.59. The van der Waals surface area contributed by atoms with E-state index >= 15 is 0 Å². The Morgan fingerprint density at radius 1 is 1.08 bits per heavy atom. The second kappa shape index (κ2) is 8.29.